The van der Waals surface area contributed by atoms with Crippen LogP contribution in [-0.2, 0) is 6.54 Å². The number of hydrogen-bond acceptors (Lipinski definition) is 2. The summed E-state index contributed by atoms with van der Waals surface area (Å²) >= 11 is 11.9. The molecule has 0 bridgehead atoms. The van der Waals surface area contributed by atoms with E-state index in [0.717, 1.165) is 11.3 Å². The Balaban J connectivity index is 2.03. The fourth-order valence-corrected chi connectivity index (χ4v) is 2.24. The maximum Gasteiger partial charge on any atom is 0.141 e. The summed E-state index contributed by atoms with van der Waals surface area (Å²) < 4.78 is 18.7. The zero-order valence-corrected chi connectivity index (χ0v) is 13.3. The molecule has 0 heterocycles. The van der Waals surface area contributed by atoms with E-state index in [2.05, 4.69) is 5.32 Å². The Morgan fingerprint density at radius 3 is 2.48 bits per heavy atom. The fraction of sp³-hybridized carbons (Fsp3) is 0.250. The van der Waals surface area contributed by atoms with E-state index < -0.39 is 5.82 Å². The average molecular weight is 328 g/mol. The third-order valence-corrected chi connectivity index (χ3v) is 3.36. The second-order valence-corrected chi connectivity index (χ2v) is 5.73. The number of ether oxygens (including phenoxy) is 1. The molecular weight excluding hydrogens is 312 g/mol. The highest BCUT2D eigenvalue weighted by Crippen LogP contribution is 2.28. The lowest BCUT2D eigenvalue weighted by Crippen LogP contribution is -2.06. The van der Waals surface area contributed by atoms with E-state index in [0.29, 0.717) is 17.3 Å². The lowest BCUT2D eigenvalue weighted by Gasteiger charge is -2.13. The molecule has 2 aromatic rings. The van der Waals surface area contributed by atoms with Crippen molar-refractivity contribution in [2.24, 2.45) is 0 Å². The Bertz CT molecular complexity index is 632. The third kappa shape index (κ3) is 4.51. The maximum atomic E-state index is 13.1. The fourth-order valence-electron chi connectivity index (χ4n) is 1.81. The van der Waals surface area contributed by atoms with Crippen LogP contribution in [0.4, 0.5) is 10.1 Å². The van der Waals surface area contributed by atoms with E-state index in [1.165, 1.54) is 6.07 Å². The van der Waals surface area contributed by atoms with Crippen LogP contribution in [0.5, 0.6) is 5.75 Å². The molecule has 0 fully saturated rings. The van der Waals surface area contributed by atoms with E-state index in [-0.39, 0.29) is 11.1 Å². The number of benzene rings is 2. The molecular formula is C16H16Cl2FNO. The van der Waals surface area contributed by atoms with E-state index in [9.17, 15) is 4.39 Å². The van der Waals surface area contributed by atoms with Crippen molar-refractivity contribution in [3.63, 3.8) is 0 Å². The van der Waals surface area contributed by atoms with Crippen LogP contribution >= 0.6 is 23.2 Å². The maximum absolute atomic E-state index is 13.1. The van der Waals surface area contributed by atoms with Gasteiger partial charge in [-0.3, -0.25) is 0 Å². The highest BCUT2D eigenvalue weighted by atomic mass is 35.5. The molecule has 2 rings (SSSR count). The van der Waals surface area contributed by atoms with Crippen molar-refractivity contribution in [2.75, 3.05) is 5.32 Å². The number of rotatable bonds is 5. The summed E-state index contributed by atoms with van der Waals surface area (Å²) in [7, 11) is 0. The number of halogens is 3. The van der Waals surface area contributed by atoms with Gasteiger partial charge in [-0.25, -0.2) is 4.39 Å². The first-order chi connectivity index (χ1) is 9.95. The van der Waals surface area contributed by atoms with Crippen LogP contribution in [0.3, 0.4) is 0 Å². The molecule has 0 spiro atoms. The van der Waals surface area contributed by atoms with Gasteiger partial charge in [0.2, 0.25) is 0 Å². The van der Waals surface area contributed by atoms with Gasteiger partial charge >= 0.3 is 0 Å². The van der Waals surface area contributed by atoms with Crippen LogP contribution in [0, 0.1) is 5.82 Å². The molecule has 0 aliphatic heterocycles. The summed E-state index contributed by atoms with van der Waals surface area (Å²) in [5.74, 6) is 0.237. The molecule has 1 N–H and O–H groups in total. The largest absolute Gasteiger partial charge is 0.489 e. The first kappa shape index (κ1) is 15.9. The molecule has 0 atom stereocenters. The van der Waals surface area contributed by atoms with Crippen LogP contribution in [0.2, 0.25) is 10.0 Å². The van der Waals surface area contributed by atoms with E-state index in [4.69, 9.17) is 27.9 Å². The van der Waals surface area contributed by atoms with Crippen molar-refractivity contribution >= 4 is 28.9 Å². The molecule has 0 amide bonds. The van der Waals surface area contributed by atoms with Gasteiger partial charge in [0.15, 0.2) is 0 Å². The second kappa shape index (κ2) is 7.01. The van der Waals surface area contributed by atoms with Crippen LogP contribution in [0.15, 0.2) is 36.4 Å². The summed E-state index contributed by atoms with van der Waals surface area (Å²) in [4.78, 5) is 0. The van der Waals surface area contributed by atoms with Gasteiger partial charge in [0.05, 0.1) is 16.1 Å². The standard InChI is InChI=1S/C16H16Cl2FNO/c1-10(2)21-16-6-4-12(8-14(16)18)20-9-11-3-5-15(19)13(17)7-11/h3-8,10,20H,9H2,1-2H3. The Hall–Kier alpha value is -1.45. The topological polar surface area (TPSA) is 21.3 Å². The molecule has 0 aliphatic carbocycles. The first-order valence-electron chi connectivity index (χ1n) is 6.59. The SMILES string of the molecule is CC(C)Oc1ccc(NCc2ccc(F)c(Cl)c2)cc1Cl. The van der Waals surface area contributed by atoms with Crippen molar-refractivity contribution in [2.45, 2.75) is 26.5 Å². The van der Waals surface area contributed by atoms with Gasteiger partial charge in [-0.05, 0) is 49.7 Å². The van der Waals surface area contributed by atoms with Crippen molar-refractivity contribution in [1.82, 2.24) is 0 Å². The van der Waals surface area contributed by atoms with Crippen molar-refractivity contribution < 1.29 is 9.13 Å². The molecule has 0 aromatic heterocycles. The molecule has 2 nitrogen and oxygen atoms in total. The Labute approximate surface area is 133 Å². The summed E-state index contributed by atoms with van der Waals surface area (Å²) in [6, 6.07) is 10.1. The molecule has 21 heavy (non-hydrogen) atoms. The van der Waals surface area contributed by atoms with Crippen molar-refractivity contribution in [1.29, 1.82) is 0 Å². The molecule has 2 aromatic carbocycles. The lowest BCUT2D eigenvalue weighted by atomic mass is 10.2. The van der Waals surface area contributed by atoms with E-state index >= 15 is 0 Å². The van der Waals surface area contributed by atoms with Crippen molar-refractivity contribution in [3.8, 4) is 5.75 Å². The van der Waals surface area contributed by atoms with Crippen LogP contribution < -0.4 is 10.1 Å². The van der Waals surface area contributed by atoms with Gasteiger partial charge < -0.3 is 10.1 Å². The highest BCUT2D eigenvalue weighted by Gasteiger charge is 2.06. The van der Waals surface area contributed by atoms with Gasteiger partial charge in [0.1, 0.15) is 11.6 Å². The van der Waals surface area contributed by atoms with E-state index in [1.807, 2.05) is 26.0 Å². The van der Waals surface area contributed by atoms with Crippen LogP contribution in [0.25, 0.3) is 0 Å². The molecule has 112 valence electrons. The zero-order chi connectivity index (χ0) is 15.4. The minimum atomic E-state index is -0.418. The molecule has 5 heteroatoms. The number of nitrogens with one attached hydrogen (secondary N) is 1. The smallest absolute Gasteiger partial charge is 0.141 e. The lowest BCUT2D eigenvalue weighted by molar-refractivity contribution is 0.242. The summed E-state index contributed by atoms with van der Waals surface area (Å²) in [5, 5.41) is 3.87. The van der Waals surface area contributed by atoms with Gasteiger partial charge in [-0.1, -0.05) is 29.3 Å². The molecule has 0 aliphatic rings. The zero-order valence-electron chi connectivity index (χ0n) is 11.8. The predicted molar refractivity (Wildman–Crippen MR) is 86.0 cm³/mol. The van der Waals surface area contributed by atoms with Crippen LogP contribution in [-0.4, -0.2) is 6.10 Å². The predicted octanol–water partition coefficient (Wildman–Crippen LogP) is 5.53. The van der Waals surface area contributed by atoms with Gasteiger partial charge in [-0.2, -0.15) is 0 Å². The Kier molecular flexibility index (Phi) is 5.32. The summed E-state index contributed by atoms with van der Waals surface area (Å²) in [6.07, 6.45) is 0.0719. The minimum Gasteiger partial charge on any atom is -0.489 e. The van der Waals surface area contributed by atoms with Gasteiger partial charge in [0, 0.05) is 12.2 Å². The monoisotopic (exact) mass is 327 g/mol. The molecule has 0 radical (unpaired) electrons. The normalized spacial score (nSPS) is 10.8. The molecule has 0 saturated carbocycles. The van der Waals surface area contributed by atoms with Gasteiger partial charge in [-0.15, -0.1) is 0 Å². The average Bonchev–Trinajstić information content (AvgIpc) is 2.42. The third-order valence-electron chi connectivity index (χ3n) is 2.78. The Morgan fingerprint density at radius 1 is 1.10 bits per heavy atom. The first-order valence-corrected chi connectivity index (χ1v) is 7.35. The summed E-state index contributed by atoms with van der Waals surface area (Å²) in [6.45, 7) is 4.42. The number of anilines is 1. The molecule has 0 saturated heterocycles. The minimum absolute atomic E-state index is 0.0719. The van der Waals surface area contributed by atoms with Crippen molar-refractivity contribution in [3.05, 3.63) is 57.8 Å². The van der Waals surface area contributed by atoms with Crippen LogP contribution in [0.1, 0.15) is 19.4 Å². The second-order valence-electron chi connectivity index (χ2n) is 4.91. The number of hydrogen-bond donors (Lipinski definition) is 1. The summed E-state index contributed by atoms with van der Waals surface area (Å²) in [5.41, 5.74) is 1.75. The van der Waals surface area contributed by atoms with E-state index in [1.54, 1.807) is 18.2 Å². The molecule has 0 unspecified atom stereocenters. The quantitative estimate of drug-likeness (QED) is 0.779. The van der Waals surface area contributed by atoms with Gasteiger partial charge in [0.25, 0.3) is 0 Å². The highest BCUT2D eigenvalue weighted by molar-refractivity contribution is 6.32. The Morgan fingerprint density at radius 2 is 1.86 bits per heavy atom.